The van der Waals surface area contributed by atoms with Gasteiger partial charge in [0.25, 0.3) is 0 Å². The third-order valence-corrected chi connectivity index (χ3v) is 3.81. The van der Waals surface area contributed by atoms with Crippen LogP contribution in [0.1, 0.15) is 43.0 Å². The fourth-order valence-electron chi connectivity index (χ4n) is 2.24. The van der Waals surface area contributed by atoms with E-state index in [1.165, 1.54) is 0 Å². The Morgan fingerprint density at radius 2 is 2.00 bits per heavy atom. The van der Waals surface area contributed by atoms with Crippen LogP contribution in [-0.2, 0) is 4.74 Å². The van der Waals surface area contributed by atoms with E-state index < -0.39 is 0 Å². The van der Waals surface area contributed by atoms with Crippen LogP contribution in [0.5, 0.6) is 0 Å². The molecule has 98 valence electrons. The first-order valence-corrected chi connectivity index (χ1v) is 6.70. The fourth-order valence-corrected chi connectivity index (χ4v) is 2.36. The van der Waals surface area contributed by atoms with Gasteiger partial charge < -0.3 is 10.5 Å². The predicted molar refractivity (Wildman–Crippen MR) is 72.7 cm³/mol. The van der Waals surface area contributed by atoms with Gasteiger partial charge in [-0.15, -0.1) is 0 Å². The van der Waals surface area contributed by atoms with Gasteiger partial charge in [-0.3, -0.25) is 0 Å². The summed E-state index contributed by atoms with van der Waals surface area (Å²) in [4.78, 5) is 11.9. The van der Waals surface area contributed by atoms with Gasteiger partial charge in [-0.05, 0) is 49.8 Å². The molecule has 1 aliphatic carbocycles. The second-order valence-electron chi connectivity index (χ2n) is 5.02. The van der Waals surface area contributed by atoms with Crippen LogP contribution in [-0.4, -0.2) is 12.1 Å². The highest BCUT2D eigenvalue weighted by Gasteiger charge is 2.22. The second kappa shape index (κ2) is 5.61. The molecule has 4 heteroatoms. The lowest BCUT2D eigenvalue weighted by Crippen LogP contribution is -2.23. The standard InChI is InChI=1S/C14H18ClNO2/c1-9-2-5-11(6-3-9)18-14(17)10-4-7-12(15)13(16)8-10/h4,7-9,11H,2-3,5-6,16H2,1H3. The minimum atomic E-state index is -0.307. The molecule has 1 aromatic rings. The van der Waals surface area contributed by atoms with Crippen molar-refractivity contribution in [1.82, 2.24) is 0 Å². The zero-order valence-electron chi connectivity index (χ0n) is 10.5. The van der Waals surface area contributed by atoms with Crippen molar-refractivity contribution in [3.8, 4) is 0 Å². The Hall–Kier alpha value is -1.22. The molecule has 18 heavy (non-hydrogen) atoms. The molecule has 2 rings (SSSR count). The van der Waals surface area contributed by atoms with Crippen LogP contribution in [0.15, 0.2) is 18.2 Å². The monoisotopic (exact) mass is 267 g/mol. The third kappa shape index (κ3) is 3.16. The Morgan fingerprint density at radius 3 is 2.61 bits per heavy atom. The van der Waals surface area contributed by atoms with Gasteiger partial charge in [-0.25, -0.2) is 4.79 Å². The van der Waals surface area contributed by atoms with Crippen molar-refractivity contribution in [2.75, 3.05) is 5.73 Å². The van der Waals surface area contributed by atoms with E-state index in [2.05, 4.69) is 6.92 Å². The summed E-state index contributed by atoms with van der Waals surface area (Å²) in [5.74, 6) is 0.434. The Balaban J connectivity index is 1.97. The number of esters is 1. The highest BCUT2D eigenvalue weighted by atomic mass is 35.5. The van der Waals surface area contributed by atoms with E-state index in [1.807, 2.05) is 0 Å². The van der Waals surface area contributed by atoms with Crippen LogP contribution in [0.25, 0.3) is 0 Å². The summed E-state index contributed by atoms with van der Waals surface area (Å²) in [7, 11) is 0. The Bertz CT molecular complexity index is 439. The molecule has 1 aliphatic rings. The fraction of sp³-hybridized carbons (Fsp3) is 0.500. The molecule has 0 heterocycles. The molecule has 0 saturated heterocycles. The maximum absolute atomic E-state index is 11.9. The number of carbonyl (C=O) groups excluding carboxylic acids is 1. The maximum Gasteiger partial charge on any atom is 0.338 e. The number of ether oxygens (including phenoxy) is 1. The molecule has 0 aliphatic heterocycles. The summed E-state index contributed by atoms with van der Waals surface area (Å²) in [6.45, 7) is 2.23. The van der Waals surface area contributed by atoms with E-state index in [0.717, 1.165) is 31.6 Å². The van der Waals surface area contributed by atoms with Gasteiger partial charge in [-0.1, -0.05) is 18.5 Å². The van der Waals surface area contributed by atoms with E-state index >= 15 is 0 Å². The topological polar surface area (TPSA) is 52.3 Å². The predicted octanol–water partition coefficient (Wildman–Crippen LogP) is 3.66. The molecule has 0 spiro atoms. The Labute approximate surface area is 112 Å². The lowest BCUT2D eigenvalue weighted by Gasteiger charge is -2.26. The Kier molecular flexibility index (Phi) is 4.12. The third-order valence-electron chi connectivity index (χ3n) is 3.47. The maximum atomic E-state index is 11.9. The van der Waals surface area contributed by atoms with Gasteiger partial charge in [0.1, 0.15) is 6.10 Å². The van der Waals surface area contributed by atoms with E-state index in [4.69, 9.17) is 22.1 Å². The minimum Gasteiger partial charge on any atom is -0.459 e. The molecule has 0 radical (unpaired) electrons. The summed E-state index contributed by atoms with van der Waals surface area (Å²) in [5.41, 5.74) is 6.54. The summed E-state index contributed by atoms with van der Waals surface area (Å²) in [6, 6.07) is 4.83. The average Bonchev–Trinajstić information content (AvgIpc) is 2.35. The first-order chi connectivity index (χ1) is 8.56. The zero-order valence-corrected chi connectivity index (χ0v) is 11.2. The van der Waals surface area contributed by atoms with Crippen molar-refractivity contribution < 1.29 is 9.53 Å². The smallest absolute Gasteiger partial charge is 0.338 e. The van der Waals surface area contributed by atoms with Crippen LogP contribution in [0.3, 0.4) is 0 Å². The van der Waals surface area contributed by atoms with Gasteiger partial charge in [-0.2, -0.15) is 0 Å². The van der Waals surface area contributed by atoms with Crippen molar-refractivity contribution in [1.29, 1.82) is 0 Å². The molecule has 2 N–H and O–H groups in total. The van der Waals surface area contributed by atoms with E-state index in [1.54, 1.807) is 18.2 Å². The van der Waals surface area contributed by atoms with Gasteiger partial charge in [0.15, 0.2) is 0 Å². The molecular formula is C14H18ClNO2. The van der Waals surface area contributed by atoms with Crippen LogP contribution in [0, 0.1) is 5.92 Å². The van der Waals surface area contributed by atoms with Crippen molar-refractivity contribution in [2.24, 2.45) is 5.92 Å². The van der Waals surface area contributed by atoms with Crippen molar-refractivity contribution in [3.05, 3.63) is 28.8 Å². The highest BCUT2D eigenvalue weighted by Crippen LogP contribution is 2.27. The van der Waals surface area contributed by atoms with Crippen molar-refractivity contribution in [3.63, 3.8) is 0 Å². The minimum absolute atomic E-state index is 0.0469. The Morgan fingerprint density at radius 1 is 1.33 bits per heavy atom. The number of halogens is 1. The van der Waals surface area contributed by atoms with Gasteiger partial charge in [0.05, 0.1) is 16.3 Å². The molecule has 0 amide bonds. The molecule has 1 aromatic carbocycles. The van der Waals surface area contributed by atoms with Crippen molar-refractivity contribution >= 4 is 23.3 Å². The molecule has 0 aromatic heterocycles. The number of benzene rings is 1. The average molecular weight is 268 g/mol. The number of nitrogen functional groups attached to an aromatic ring is 1. The van der Waals surface area contributed by atoms with Crippen LogP contribution < -0.4 is 5.73 Å². The van der Waals surface area contributed by atoms with Gasteiger partial charge in [0.2, 0.25) is 0 Å². The lowest BCUT2D eigenvalue weighted by molar-refractivity contribution is 0.0174. The molecule has 0 bridgehead atoms. The summed E-state index contributed by atoms with van der Waals surface area (Å²) < 4.78 is 5.48. The van der Waals surface area contributed by atoms with Crippen LogP contribution >= 0.6 is 11.6 Å². The van der Waals surface area contributed by atoms with E-state index in [9.17, 15) is 4.79 Å². The second-order valence-corrected chi connectivity index (χ2v) is 5.43. The molecule has 1 saturated carbocycles. The highest BCUT2D eigenvalue weighted by molar-refractivity contribution is 6.33. The lowest BCUT2D eigenvalue weighted by atomic mass is 9.89. The number of hydrogen-bond donors (Lipinski definition) is 1. The first-order valence-electron chi connectivity index (χ1n) is 6.32. The number of rotatable bonds is 2. The number of nitrogens with two attached hydrogens (primary N) is 1. The summed E-state index contributed by atoms with van der Waals surface area (Å²) in [5, 5.41) is 0.457. The molecule has 0 atom stereocenters. The zero-order chi connectivity index (χ0) is 13.1. The molecule has 0 unspecified atom stereocenters. The molecule has 3 nitrogen and oxygen atoms in total. The summed E-state index contributed by atoms with van der Waals surface area (Å²) >= 11 is 5.82. The number of anilines is 1. The van der Waals surface area contributed by atoms with E-state index in [-0.39, 0.29) is 12.1 Å². The number of carbonyl (C=O) groups is 1. The SMILES string of the molecule is CC1CCC(OC(=O)c2ccc(Cl)c(N)c2)CC1. The number of hydrogen-bond acceptors (Lipinski definition) is 3. The summed E-state index contributed by atoms with van der Waals surface area (Å²) in [6.07, 6.45) is 4.21. The first kappa shape index (κ1) is 13.2. The van der Waals surface area contributed by atoms with Gasteiger partial charge in [0, 0.05) is 0 Å². The van der Waals surface area contributed by atoms with Gasteiger partial charge >= 0.3 is 5.97 Å². The molecular weight excluding hydrogens is 250 g/mol. The normalized spacial score (nSPS) is 23.7. The van der Waals surface area contributed by atoms with E-state index in [0.29, 0.717) is 16.3 Å². The van der Waals surface area contributed by atoms with Crippen molar-refractivity contribution in [2.45, 2.75) is 38.7 Å². The van der Waals surface area contributed by atoms with Crippen LogP contribution in [0.4, 0.5) is 5.69 Å². The largest absolute Gasteiger partial charge is 0.459 e. The molecule has 1 fully saturated rings. The van der Waals surface area contributed by atoms with Crippen LogP contribution in [0.2, 0.25) is 5.02 Å². The quantitative estimate of drug-likeness (QED) is 0.657.